The lowest BCUT2D eigenvalue weighted by molar-refractivity contribution is 0.0697. The normalized spacial score (nSPS) is 11.1. The van der Waals surface area contributed by atoms with Crippen molar-refractivity contribution >= 4 is 17.0 Å². The van der Waals surface area contributed by atoms with E-state index in [1.54, 1.807) is 12.1 Å². The van der Waals surface area contributed by atoms with Crippen LogP contribution in [0.4, 0.5) is 0 Å². The molecule has 4 rings (SSSR count). The van der Waals surface area contributed by atoms with Gasteiger partial charge in [-0.15, -0.1) is 0 Å². The molecule has 1 N–H and O–H groups in total. The van der Waals surface area contributed by atoms with Gasteiger partial charge in [0.05, 0.1) is 5.56 Å². The monoisotopic (exact) mass is 384 g/mol. The molecule has 2 heterocycles. The number of pyridine rings is 1. The summed E-state index contributed by atoms with van der Waals surface area (Å²) in [5.41, 5.74) is 7.69. The van der Waals surface area contributed by atoms with Crippen LogP contribution in [0.15, 0.2) is 60.7 Å². The Morgan fingerprint density at radius 2 is 1.76 bits per heavy atom. The van der Waals surface area contributed by atoms with E-state index in [0.717, 1.165) is 41.0 Å². The zero-order chi connectivity index (χ0) is 20.5. The number of rotatable bonds is 5. The van der Waals surface area contributed by atoms with Gasteiger partial charge in [0, 0.05) is 23.3 Å². The highest BCUT2D eigenvalue weighted by Gasteiger charge is 2.13. The number of nitrogens with zero attached hydrogens (tertiary/aromatic N) is 2. The molecule has 4 nitrogen and oxygen atoms in total. The average Bonchev–Trinajstić information content (AvgIpc) is 3.06. The van der Waals surface area contributed by atoms with Crippen LogP contribution in [-0.4, -0.2) is 20.6 Å². The standard InChI is InChI=1S/C25H24N2O2/c1-4-20-14-23-16(2)13-17(3)26-24(23)27(20)15-18-9-11-19(12-10-18)21-7-5-6-8-22(21)25(28)29/h5-14H,4,15H2,1-3H3,(H,28,29). The molecule has 146 valence electrons. The first-order chi connectivity index (χ1) is 14.0. The third kappa shape index (κ3) is 3.54. The van der Waals surface area contributed by atoms with E-state index >= 15 is 0 Å². The lowest BCUT2D eigenvalue weighted by Gasteiger charge is -2.11. The predicted octanol–water partition coefficient (Wildman–Crippen LogP) is 5.63. The van der Waals surface area contributed by atoms with Crippen molar-refractivity contribution in [1.29, 1.82) is 0 Å². The van der Waals surface area contributed by atoms with E-state index in [-0.39, 0.29) is 0 Å². The minimum Gasteiger partial charge on any atom is -0.478 e. The Kier molecular flexibility index (Phi) is 4.93. The summed E-state index contributed by atoms with van der Waals surface area (Å²) in [5.74, 6) is -0.909. The molecule has 4 heteroatoms. The first kappa shape index (κ1) is 18.9. The zero-order valence-corrected chi connectivity index (χ0v) is 16.9. The number of carbonyl (C=O) groups is 1. The molecule has 0 saturated carbocycles. The number of carboxylic acids is 1. The second kappa shape index (κ2) is 7.55. The topological polar surface area (TPSA) is 55.1 Å². The number of aromatic nitrogens is 2. The average molecular weight is 384 g/mol. The summed E-state index contributed by atoms with van der Waals surface area (Å²) in [6, 6.07) is 19.6. The number of hydrogen-bond acceptors (Lipinski definition) is 2. The Hall–Kier alpha value is -3.40. The molecule has 0 fully saturated rings. The van der Waals surface area contributed by atoms with Gasteiger partial charge in [0.25, 0.3) is 0 Å². The summed E-state index contributed by atoms with van der Waals surface area (Å²) in [6.45, 7) is 7.07. The second-order valence-corrected chi connectivity index (χ2v) is 7.44. The van der Waals surface area contributed by atoms with Crippen molar-refractivity contribution in [2.75, 3.05) is 0 Å². The fourth-order valence-corrected chi connectivity index (χ4v) is 3.95. The molecular weight excluding hydrogens is 360 g/mol. The van der Waals surface area contributed by atoms with Gasteiger partial charge in [-0.05, 0) is 60.7 Å². The lowest BCUT2D eigenvalue weighted by Crippen LogP contribution is -2.05. The highest BCUT2D eigenvalue weighted by molar-refractivity contribution is 5.96. The first-order valence-corrected chi connectivity index (χ1v) is 9.86. The Labute approximate surface area is 170 Å². The van der Waals surface area contributed by atoms with Crippen LogP contribution in [0, 0.1) is 13.8 Å². The van der Waals surface area contributed by atoms with E-state index in [9.17, 15) is 9.90 Å². The second-order valence-electron chi connectivity index (χ2n) is 7.44. The SMILES string of the molecule is CCc1cc2c(C)cc(C)nc2n1Cc1ccc(-c2ccccc2C(=O)O)cc1. The van der Waals surface area contributed by atoms with Crippen molar-refractivity contribution in [3.8, 4) is 11.1 Å². The highest BCUT2D eigenvalue weighted by Crippen LogP contribution is 2.27. The number of fused-ring (bicyclic) bond motifs is 1. The van der Waals surface area contributed by atoms with Gasteiger partial charge >= 0.3 is 5.97 Å². The van der Waals surface area contributed by atoms with Crippen LogP contribution in [0.5, 0.6) is 0 Å². The van der Waals surface area contributed by atoms with E-state index in [4.69, 9.17) is 4.98 Å². The van der Waals surface area contributed by atoms with Crippen LogP contribution < -0.4 is 0 Å². The van der Waals surface area contributed by atoms with Crippen LogP contribution in [0.2, 0.25) is 0 Å². The van der Waals surface area contributed by atoms with Crippen molar-refractivity contribution in [3.05, 3.63) is 88.7 Å². The molecule has 2 aromatic carbocycles. The van der Waals surface area contributed by atoms with Gasteiger partial charge in [-0.3, -0.25) is 0 Å². The molecule has 0 atom stereocenters. The van der Waals surface area contributed by atoms with Crippen LogP contribution in [-0.2, 0) is 13.0 Å². The number of hydrogen-bond donors (Lipinski definition) is 1. The summed E-state index contributed by atoms with van der Waals surface area (Å²) in [5, 5.41) is 10.7. The van der Waals surface area contributed by atoms with Crippen molar-refractivity contribution < 1.29 is 9.90 Å². The van der Waals surface area contributed by atoms with Gasteiger partial charge in [-0.2, -0.15) is 0 Å². The maximum Gasteiger partial charge on any atom is 0.336 e. The fraction of sp³-hybridized carbons (Fsp3) is 0.200. The van der Waals surface area contributed by atoms with Gasteiger partial charge in [0.1, 0.15) is 5.65 Å². The molecule has 4 aromatic rings. The molecular formula is C25H24N2O2. The largest absolute Gasteiger partial charge is 0.478 e. The van der Waals surface area contributed by atoms with Crippen molar-refractivity contribution in [3.63, 3.8) is 0 Å². The molecule has 0 radical (unpaired) electrons. The predicted molar refractivity (Wildman–Crippen MR) is 117 cm³/mol. The number of aryl methyl sites for hydroxylation is 3. The van der Waals surface area contributed by atoms with Crippen LogP contribution >= 0.6 is 0 Å². The Balaban J connectivity index is 1.71. The van der Waals surface area contributed by atoms with Gasteiger partial charge in [0.2, 0.25) is 0 Å². The van der Waals surface area contributed by atoms with Crippen molar-refractivity contribution in [2.24, 2.45) is 0 Å². The molecule has 0 aliphatic heterocycles. The van der Waals surface area contributed by atoms with E-state index in [2.05, 4.69) is 42.7 Å². The van der Waals surface area contributed by atoms with Crippen LogP contribution in [0.3, 0.4) is 0 Å². The van der Waals surface area contributed by atoms with Gasteiger partial charge < -0.3 is 9.67 Å². The molecule has 2 aromatic heterocycles. The highest BCUT2D eigenvalue weighted by atomic mass is 16.4. The molecule has 29 heavy (non-hydrogen) atoms. The number of benzene rings is 2. The van der Waals surface area contributed by atoms with Crippen LogP contribution in [0.25, 0.3) is 22.2 Å². The smallest absolute Gasteiger partial charge is 0.336 e. The molecule has 0 aliphatic rings. The summed E-state index contributed by atoms with van der Waals surface area (Å²) in [7, 11) is 0. The van der Waals surface area contributed by atoms with Crippen LogP contribution in [0.1, 0.15) is 39.8 Å². The number of carboxylic acid groups (broad SMARTS) is 1. The van der Waals surface area contributed by atoms with Gasteiger partial charge in [-0.1, -0.05) is 49.4 Å². The Bertz CT molecular complexity index is 1200. The van der Waals surface area contributed by atoms with Gasteiger partial charge in [0.15, 0.2) is 0 Å². The number of aromatic carboxylic acids is 1. The molecule has 0 amide bonds. The minimum atomic E-state index is -0.909. The zero-order valence-electron chi connectivity index (χ0n) is 16.9. The van der Waals surface area contributed by atoms with Crippen molar-refractivity contribution in [2.45, 2.75) is 33.7 Å². The quantitative estimate of drug-likeness (QED) is 0.485. The third-order valence-corrected chi connectivity index (χ3v) is 5.41. The maximum absolute atomic E-state index is 11.5. The lowest BCUT2D eigenvalue weighted by atomic mass is 9.99. The third-order valence-electron chi connectivity index (χ3n) is 5.41. The summed E-state index contributed by atoms with van der Waals surface area (Å²) >= 11 is 0. The maximum atomic E-state index is 11.5. The fourth-order valence-electron chi connectivity index (χ4n) is 3.95. The summed E-state index contributed by atoms with van der Waals surface area (Å²) < 4.78 is 2.29. The Morgan fingerprint density at radius 3 is 2.45 bits per heavy atom. The molecule has 0 aliphatic carbocycles. The van der Waals surface area contributed by atoms with Crippen molar-refractivity contribution in [1.82, 2.24) is 9.55 Å². The first-order valence-electron chi connectivity index (χ1n) is 9.86. The molecule has 0 unspecified atom stereocenters. The van der Waals surface area contributed by atoms with E-state index in [1.165, 1.54) is 16.6 Å². The van der Waals surface area contributed by atoms with E-state index < -0.39 is 5.97 Å². The Morgan fingerprint density at radius 1 is 1.03 bits per heavy atom. The molecule has 0 saturated heterocycles. The summed E-state index contributed by atoms with van der Waals surface area (Å²) in [6.07, 6.45) is 0.943. The van der Waals surface area contributed by atoms with E-state index in [0.29, 0.717) is 5.56 Å². The van der Waals surface area contributed by atoms with E-state index in [1.807, 2.05) is 31.2 Å². The summed E-state index contributed by atoms with van der Waals surface area (Å²) in [4.78, 5) is 16.3. The minimum absolute atomic E-state index is 0.320. The molecule has 0 spiro atoms. The molecule has 0 bridgehead atoms. The van der Waals surface area contributed by atoms with Gasteiger partial charge in [-0.25, -0.2) is 9.78 Å².